The van der Waals surface area contributed by atoms with Crippen molar-refractivity contribution in [2.24, 2.45) is 0 Å². The maximum Gasteiger partial charge on any atom is 0.137 e. The maximum atomic E-state index is 10.1. The largest absolute Gasteiger partial charge is 0.495 e. The van der Waals surface area contributed by atoms with Gasteiger partial charge in [-0.05, 0) is 18.2 Å². The molecule has 0 amide bonds. The van der Waals surface area contributed by atoms with Crippen LogP contribution < -0.4 is 4.74 Å². The molecule has 1 unspecified atom stereocenters. The number of hydrogen-bond donors (Lipinski definition) is 1. The molecule has 2 heterocycles. The normalized spacial score (nSPS) is 12.1. The Hall–Kier alpha value is -1.94. The number of ether oxygens (including phenoxy) is 1. The standard InChI is InChI=1S/C12H12N2O2/c1-16-10-6-9(7-13-8-10)12(15)11-4-2-3-5-14-11/h2-8,12,15H,1H3. The Bertz CT molecular complexity index is 460. The summed E-state index contributed by atoms with van der Waals surface area (Å²) in [7, 11) is 1.56. The number of rotatable bonds is 3. The van der Waals surface area contributed by atoms with Crippen LogP contribution in [-0.4, -0.2) is 22.2 Å². The van der Waals surface area contributed by atoms with Crippen LogP contribution in [0.4, 0.5) is 0 Å². The highest BCUT2D eigenvalue weighted by Crippen LogP contribution is 2.22. The Balaban J connectivity index is 2.30. The predicted molar refractivity (Wildman–Crippen MR) is 59.1 cm³/mol. The third-order valence-corrected chi connectivity index (χ3v) is 2.25. The van der Waals surface area contributed by atoms with Crippen LogP contribution in [0.2, 0.25) is 0 Å². The monoisotopic (exact) mass is 216 g/mol. The molecule has 82 valence electrons. The fourth-order valence-corrected chi connectivity index (χ4v) is 1.41. The average molecular weight is 216 g/mol. The third kappa shape index (κ3) is 2.17. The Kier molecular flexibility index (Phi) is 3.12. The van der Waals surface area contributed by atoms with E-state index >= 15 is 0 Å². The first-order valence-corrected chi connectivity index (χ1v) is 4.89. The van der Waals surface area contributed by atoms with Gasteiger partial charge in [0.25, 0.3) is 0 Å². The first-order valence-electron chi connectivity index (χ1n) is 4.89. The Morgan fingerprint density at radius 3 is 2.88 bits per heavy atom. The van der Waals surface area contributed by atoms with Crippen molar-refractivity contribution in [1.29, 1.82) is 0 Å². The van der Waals surface area contributed by atoms with Crippen molar-refractivity contribution in [3.8, 4) is 5.75 Å². The number of pyridine rings is 2. The zero-order valence-corrected chi connectivity index (χ0v) is 8.87. The highest BCUT2D eigenvalue weighted by atomic mass is 16.5. The molecule has 0 radical (unpaired) electrons. The molecule has 16 heavy (non-hydrogen) atoms. The summed E-state index contributed by atoms with van der Waals surface area (Å²) in [5.74, 6) is 0.618. The second-order valence-electron chi connectivity index (χ2n) is 3.32. The molecule has 4 heteroatoms. The van der Waals surface area contributed by atoms with Crippen LogP contribution in [0.15, 0.2) is 42.9 Å². The van der Waals surface area contributed by atoms with Gasteiger partial charge in [0.1, 0.15) is 11.9 Å². The van der Waals surface area contributed by atoms with E-state index in [0.717, 1.165) is 0 Å². The topological polar surface area (TPSA) is 55.2 Å². The Morgan fingerprint density at radius 1 is 1.31 bits per heavy atom. The molecule has 2 rings (SSSR count). The molecule has 1 atom stereocenters. The van der Waals surface area contributed by atoms with Gasteiger partial charge in [0.15, 0.2) is 0 Å². The molecule has 1 N–H and O–H groups in total. The van der Waals surface area contributed by atoms with Gasteiger partial charge in [-0.15, -0.1) is 0 Å². The van der Waals surface area contributed by atoms with Gasteiger partial charge in [0.05, 0.1) is 19.0 Å². The third-order valence-electron chi connectivity index (χ3n) is 2.25. The van der Waals surface area contributed by atoms with Crippen molar-refractivity contribution in [2.45, 2.75) is 6.10 Å². The SMILES string of the molecule is COc1cncc(C(O)c2ccccn2)c1. The van der Waals surface area contributed by atoms with Crippen molar-refractivity contribution in [3.63, 3.8) is 0 Å². The fourth-order valence-electron chi connectivity index (χ4n) is 1.41. The number of aliphatic hydroxyl groups is 1. The first kappa shape index (κ1) is 10.6. The van der Waals surface area contributed by atoms with Crippen LogP contribution in [0.25, 0.3) is 0 Å². The zero-order chi connectivity index (χ0) is 11.4. The van der Waals surface area contributed by atoms with Gasteiger partial charge in [0, 0.05) is 18.0 Å². The van der Waals surface area contributed by atoms with Crippen molar-refractivity contribution in [2.75, 3.05) is 7.11 Å². The van der Waals surface area contributed by atoms with Crippen molar-refractivity contribution >= 4 is 0 Å². The minimum absolute atomic E-state index is 0.595. The van der Waals surface area contributed by atoms with Gasteiger partial charge < -0.3 is 9.84 Å². The molecule has 2 aromatic rings. The summed E-state index contributed by atoms with van der Waals surface area (Å²) >= 11 is 0. The molecule has 0 saturated carbocycles. The van der Waals surface area contributed by atoms with E-state index in [1.54, 1.807) is 43.9 Å². The lowest BCUT2D eigenvalue weighted by Gasteiger charge is -2.10. The lowest BCUT2D eigenvalue weighted by atomic mass is 10.1. The fraction of sp³-hybridized carbons (Fsp3) is 0.167. The molecule has 0 aliphatic carbocycles. The molecule has 2 aromatic heterocycles. The molecule has 0 saturated heterocycles. The second kappa shape index (κ2) is 4.72. The van der Waals surface area contributed by atoms with Gasteiger partial charge in [0.2, 0.25) is 0 Å². The highest BCUT2D eigenvalue weighted by molar-refractivity contribution is 5.29. The smallest absolute Gasteiger partial charge is 0.137 e. The van der Waals surface area contributed by atoms with Crippen LogP contribution >= 0.6 is 0 Å². The van der Waals surface area contributed by atoms with Crippen LogP contribution in [0.1, 0.15) is 17.4 Å². The van der Waals surface area contributed by atoms with Crippen molar-refractivity contribution in [3.05, 3.63) is 54.1 Å². The summed E-state index contributed by atoms with van der Waals surface area (Å²) < 4.78 is 5.05. The minimum Gasteiger partial charge on any atom is -0.495 e. The Labute approximate surface area is 93.6 Å². The van der Waals surface area contributed by atoms with E-state index in [4.69, 9.17) is 4.74 Å². The molecule has 0 fully saturated rings. The minimum atomic E-state index is -0.774. The van der Waals surface area contributed by atoms with Gasteiger partial charge in [-0.1, -0.05) is 6.07 Å². The molecule has 0 aliphatic rings. The molecule has 4 nitrogen and oxygen atoms in total. The molecule has 0 bridgehead atoms. The number of nitrogens with zero attached hydrogens (tertiary/aromatic N) is 2. The van der Waals surface area contributed by atoms with Crippen LogP contribution in [0.3, 0.4) is 0 Å². The number of aliphatic hydroxyl groups excluding tert-OH is 1. The number of aromatic nitrogens is 2. The quantitative estimate of drug-likeness (QED) is 0.846. The molecule has 0 aliphatic heterocycles. The van der Waals surface area contributed by atoms with E-state index in [2.05, 4.69) is 9.97 Å². The lowest BCUT2D eigenvalue weighted by molar-refractivity contribution is 0.214. The van der Waals surface area contributed by atoms with Gasteiger partial charge in [-0.2, -0.15) is 0 Å². The van der Waals surface area contributed by atoms with Gasteiger partial charge in [-0.3, -0.25) is 9.97 Å². The number of methoxy groups -OCH3 is 1. The Morgan fingerprint density at radius 2 is 2.19 bits per heavy atom. The van der Waals surface area contributed by atoms with E-state index in [1.165, 1.54) is 0 Å². The van der Waals surface area contributed by atoms with E-state index < -0.39 is 6.10 Å². The summed E-state index contributed by atoms with van der Waals surface area (Å²) in [5.41, 5.74) is 1.26. The van der Waals surface area contributed by atoms with Gasteiger partial charge in [-0.25, -0.2) is 0 Å². The van der Waals surface area contributed by atoms with Crippen molar-refractivity contribution in [1.82, 2.24) is 9.97 Å². The summed E-state index contributed by atoms with van der Waals surface area (Å²) in [6, 6.07) is 7.15. The van der Waals surface area contributed by atoms with E-state index in [1.807, 2.05) is 6.07 Å². The van der Waals surface area contributed by atoms with E-state index in [0.29, 0.717) is 17.0 Å². The van der Waals surface area contributed by atoms with Crippen LogP contribution in [0.5, 0.6) is 5.75 Å². The van der Waals surface area contributed by atoms with Crippen LogP contribution in [0, 0.1) is 0 Å². The van der Waals surface area contributed by atoms with Gasteiger partial charge >= 0.3 is 0 Å². The summed E-state index contributed by atoms with van der Waals surface area (Å²) in [6.07, 6.45) is 4.06. The summed E-state index contributed by atoms with van der Waals surface area (Å²) in [5, 5.41) is 10.1. The first-order chi connectivity index (χ1) is 7.81. The summed E-state index contributed by atoms with van der Waals surface area (Å²) in [6.45, 7) is 0. The number of hydrogen-bond acceptors (Lipinski definition) is 4. The molecular weight excluding hydrogens is 204 g/mol. The zero-order valence-electron chi connectivity index (χ0n) is 8.87. The predicted octanol–water partition coefficient (Wildman–Crippen LogP) is 1.57. The summed E-state index contributed by atoms with van der Waals surface area (Å²) in [4.78, 5) is 8.08. The van der Waals surface area contributed by atoms with E-state index in [9.17, 15) is 5.11 Å². The maximum absolute atomic E-state index is 10.1. The average Bonchev–Trinajstić information content (AvgIpc) is 2.39. The van der Waals surface area contributed by atoms with Crippen molar-refractivity contribution < 1.29 is 9.84 Å². The molecular formula is C12H12N2O2. The molecule has 0 aromatic carbocycles. The highest BCUT2D eigenvalue weighted by Gasteiger charge is 2.12. The van der Waals surface area contributed by atoms with E-state index in [-0.39, 0.29) is 0 Å². The van der Waals surface area contributed by atoms with Crippen LogP contribution in [-0.2, 0) is 0 Å². The lowest BCUT2D eigenvalue weighted by Crippen LogP contribution is -2.02. The second-order valence-corrected chi connectivity index (χ2v) is 3.32. The molecule has 0 spiro atoms.